The van der Waals surface area contributed by atoms with Gasteiger partial charge < -0.3 is 15.7 Å². The van der Waals surface area contributed by atoms with Crippen LogP contribution in [0.3, 0.4) is 0 Å². The summed E-state index contributed by atoms with van der Waals surface area (Å²) in [6.45, 7) is 2.25. The molecule has 1 atom stereocenters. The van der Waals surface area contributed by atoms with Gasteiger partial charge in [-0.3, -0.25) is 4.79 Å². The fraction of sp³-hybridized carbons (Fsp3) is 0.364. The van der Waals surface area contributed by atoms with Crippen LogP contribution in [0.15, 0.2) is 16.6 Å². The van der Waals surface area contributed by atoms with Gasteiger partial charge in [0.25, 0.3) is 0 Å². The van der Waals surface area contributed by atoms with Crippen molar-refractivity contribution >= 4 is 33.2 Å². The first-order chi connectivity index (χ1) is 7.49. The first-order valence-corrected chi connectivity index (χ1v) is 5.82. The van der Waals surface area contributed by atoms with Crippen molar-refractivity contribution in [1.29, 1.82) is 0 Å². The van der Waals surface area contributed by atoms with Crippen LogP contribution in [0.1, 0.15) is 12.0 Å². The molecule has 1 heterocycles. The van der Waals surface area contributed by atoms with Gasteiger partial charge in [0.15, 0.2) is 0 Å². The molecule has 1 saturated heterocycles. The van der Waals surface area contributed by atoms with Crippen LogP contribution in [0, 0.1) is 6.92 Å². The fourth-order valence-corrected chi connectivity index (χ4v) is 2.18. The maximum Gasteiger partial charge on any atom is 0.229 e. The summed E-state index contributed by atoms with van der Waals surface area (Å²) in [5.74, 6) is -0.0880. The number of nitrogens with zero attached hydrogens (tertiary/aromatic N) is 1. The Bertz CT molecular complexity index is 448. The Balaban J connectivity index is 2.41. The molecular weight excluding hydrogens is 272 g/mol. The lowest BCUT2D eigenvalue weighted by Crippen LogP contribution is -2.26. The third kappa shape index (κ3) is 1.92. The van der Waals surface area contributed by atoms with Gasteiger partial charge in [0.1, 0.15) is 0 Å². The van der Waals surface area contributed by atoms with Gasteiger partial charge in [0, 0.05) is 4.47 Å². The van der Waals surface area contributed by atoms with Crippen molar-refractivity contribution in [1.82, 2.24) is 0 Å². The standard InChI is InChI=1S/C11H13BrN2O2/c1-6-2-9(13)10(4-8(6)12)14-5-7(15)3-11(14)16/h2,4,7,15H,3,5,13H2,1H3. The number of aliphatic hydroxyl groups is 1. The number of benzene rings is 1. The summed E-state index contributed by atoms with van der Waals surface area (Å²) in [4.78, 5) is 13.2. The number of rotatable bonds is 1. The quantitative estimate of drug-likeness (QED) is 0.767. The maximum absolute atomic E-state index is 11.6. The summed E-state index contributed by atoms with van der Waals surface area (Å²) in [5.41, 5.74) is 8.13. The van der Waals surface area contributed by atoms with E-state index in [1.165, 1.54) is 4.90 Å². The van der Waals surface area contributed by atoms with Crippen LogP contribution in [-0.2, 0) is 4.79 Å². The molecule has 0 aromatic heterocycles. The van der Waals surface area contributed by atoms with Crippen LogP contribution in [0.4, 0.5) is 11.4 Å². The van der Waals surface area contributed by atoms with Crippen molar-refractivity contribution in [2.24, 2.45) is 0 Å². The van der Waals surface area contributed by atoms with E-state index >= 15 is 0 Å². The molecule has 16 heavy (non-hydrogen) atoms. The van der Waals surface area contributed by atoms with Crippen LogP contribution in [-0.4, -0.2) is 23.7 Å². The number of anilines is 2. The summed E-state index contributed by atoms with van der Waals surface area (Å²) in [6.07, 6.45) is -0.419. The van der Waals surface area contributed by atoms with Crippen LogP contribution in [0.5, 0.6) is 0 Å². The second-order valence-electron chi connectivity index (χ2n) is 4.02. The van der Waals surface area contributed by atoms with Crippen LogP contribution in [0.2, 0.25) is 0 Å². The molecule has 1 amide bonds. The van der Waals surface area contributed by atoms with E-state index in [0.29, 0.717) is 17.9 Å². The minimum Gasteiger partial charge on any atom is -0.397 e. The van der Waals surface area contributed by atoms with Gasteiger partial charge in [-0.2, -0.15) is 0 Å². The minimum atomic E-state index is -0.591. The molecule has 1 unspecified atom stereocenters. The molecule has 0 saturated carbocycles. The molecule has 86 valence electrons. The molecule has 2 rings (SSSR count). The van der Waals surface area contributed by atoms with Gasteiger partial charge in [0.05, 0.1) is 30.4 Å². The molecule has 0 bridgehead atoms. The second-order valence-corrected chi connectivity index (χ2v) is 4.88. The number of amides is 1. The third-order valence-corrected chi connectivity index (χ3v) is 3.56. The number of β-amino-alcohol motifs (C(OH)–C–C–N with tert-alkyl or cyclic N) is 1. The molecule has 0 radical (unpaired) electrons. The Hall–Kier alpha value is -1.07. The number of nitrogens with two attached hydrogens (primary N) is 1. The van der Waals surface area contributed by atoms with Crippen LogP contribution in [0.25, 0.3) is 0 Å². The Kier molecular flexibility index (Phi) is 2.90. The zero-order chi connectivity index (χ0) is 11.9. The zero-order valence-electron chi connectivity index (χ0n) is 8.90. The Morgan fingerprint density at radius 3 is 2.81 bits per heavy atom. The number of hydrogen-bond acceptors (Lipinski definition) is 3. The third-order valence-electron chi connectivity index (χ3n) is 2.70. The van der Waals surface area contributed by atoms with Gasteiger partial charge in [-0.05, 0) is 24.6 Å². The number of halogens is 1. The molecule has 1 aliphatic heterocycles. The molecule has 1 aromatic carbocycles. The normalized spacial score (nSPS) is 20.6. The highest BCUT2D eigenvalue weighted by atomic mass is 79.9. The van der Waals surface area contributed by atoms with Crippen molar-refractivity contribution in [2.45, 2.75) is 19.4 Å². The molecular formula is C11H13BrN2O2. The Labute approximate surface area is 102 Å². The lowest BCUT2D eigenvalue weighted by Gasteiger charge is -2.19. The summed E-state index contributed by atoms with van der Waals surface area (Å²) in [6, 6.07) is 3.64. The molecule has 4 nitrogen and oxygen atoms in total. The van der Waals surface area contributed by atoms with Gasteiger partial charge in [-0.25, -0.2) is 0 Å². The van der Waals surface area contributed by atoms with Crippen molar-refractivity contribution in [3.05, 3.63) is 22.2 Å². The monoisotopic (exact) mass is 284 g/mol. The number of carbonyl (C=O) groups excluding carboxylic acids is 1. The smallest absolute Gasteiger partial charge is 0.229 e. The molecule has 1 aromatic rings. The van der Waals surface area contributed by atoms with Crippen molar-refractivity contribution in [3.8, 4) is 0 Å². The molecule has 1 aliphatic rings. The maximum atomic E-state index is 11.6. The van der Waals surface area contributed by atoms with Crippen LogP contribution < -0.4 is 10.6 Å². The molecule has 0 spiro atoms. The first-order valence-electron chi connectivity index (χ1n) is 5.03. The predicted octanol–water partition coefficient (Wildman–Crippen LogP) is 1.44. The Morgan fingerprint density at radius 2 is 2.25 bits per heavy atom. The average molecular weight is 285 g/mol. The van der Waals surface area contributed by atoms with Gasteiger partial charge in [-0.15, -0.1) is 0 Å². The van der Waals surface area contributed by atoms with E-state index in [-0.39, 0.29) is 12.3 Å². The number of hydrogen-bond donors (Lipinski definition) is 2. The zero-order valence-corrected chi connectivity index (χ0v) is 10.5. The highest BCUT2D eigenvalue weighted by molar-refractivity contribution is 9.10. The number of nitrogen functional groups attached to an aromatic ring is 1. The van der Waals surface area contributed by atoms with Crippen molar-refractivity contribution < 1.29 is 9.90 Å². The van der Waals surface area contributed by atoms with E-state index in [1.807, 2.05) is 19.1 Å². The molecule has 3 N–H and O–H groups in total. The Morgan fingerprint density at radius 1 is 1.56 bits per heavy atom. The van der Waals surface area contributed by atoms with E-state index in [2.05, 4.69) is 15.9 Å². The number of aliphatic hydroxyl groups excluding tert-OH is 1. The van der Waals surface area contributed by atoms with E-state index in [4.69, 9.17) is 5.73 Å². The van der Waals surface area contributed by atoms with E-state index in [1.54, 1.807) is 0 Å². The van der Waals surface area contributed by atoms with E-state index < -0.39 is 6.10 Å². The minimum absolute atomic E-state index is 0.0880. The largest absolute Gasteiger partial charge is 0.397 e. The highest BCUT2D eigenvalue weighted by Crippen LogP contribution is 2.32. The fourth-order valence-electron chi connectivity index (χ4n) is 1.85. The number of carbonyl (C=O) groups is 1. The lowest BCUT2D eigenvalue weighted by atomic mass is 10.2. The predicted molar refractivity (Wildman–Crippen MR) is 66.3 cm³/mol. The van der Waals surface area contributed by atoms with Gasteiger partial charge in [0.2, 0.25) is 5.91 Å². The summed E-state index contributed by atoms with van der Waals surface area (Å²) in [5, 5.41) is 9.43. The summed E-state index contributed by atoms with van der Waals surface area (Å²) >= 11 is 3.41. The first kappa shape index (κ1) is 11.4. The second kappa shape index (κ2) is 4.07. The van der Waals surface area contributed by atoms with E-state index in [0.717, 1.165) is 10.0 Å². The summed E-state index contributed by atoms with van der Waals surface area (Å²) in [7, 11) is 0. The highest BCUT2D eigenvalue weighted by Gasteiger charge is 2.30. The molecule has 1 fully saturated rings. The SMILES string of the molecule is Cc1cc(N)c(N2CC(O)CC2=O)cc1Br. The molecule has 5 heteroatoms. The average Bonchev–Trinajstić information content (AvgIpc) is 2.51. The van der Waals surface area contributed by atoms with Gasteiger partial charge >= 0.3 is 0 Å². The van der Waals surface area contributed by atoms with Gasteiger partial charge in [-0.1, -0.05) is 15.9 Å². The topological polar surface area (TPSA) is 66.6 Å². The summed E-state index contributed by atoms with van der Waals surface area (Å²) < 4.78 is 0.908. The lowest BCUT2D eigenvalue weighted by molar-refractivity contribution is -0.117. The van der Waals surface area contributed by atoms with Crippen molar-refractivity contribution in [3.63, 3.8) is 0 Å². The van der Waals surface area contributed by atoms with Crippen molar-refractivity contribution in [2.75, 3.05) is 17.2 Å². The number of aryl methyl sites for hydroxylation is 1. The van der Waals surface area contributed by atoms with E-state index in [9.17, 15) is 9.90 Å². The van der Waals surface area contributed by atoms with Crippen LogP contribution >= 0.6 is 15.9 Å². The molecule has 0 aliphatic carbocycles.